The molecule has 2 aromatic rings. The molecule has 2 aliphatic heterocycles. The van der Waals surface area contributed by atoms with Crippen LogP contribution >= 0.6 is 11.6 Å². The summed E-state index contributed by atoms with van der Waals surface area (Å²) in [7, 11) is 0. The number of piperidine rings is 1. The van der Waals surface area contributed by atoms with Gasteiger partial charge in [-0.05, 0) is 73.7 Å². The third kappa shape index (κ3) is 4.67. The third-order valence-corrected chi connectivity index (χ3v) is 7.04. The molecule has 1 aromatic heterocycles. The number of fused-ring (bicyclic) bond motifs is 2. The molecule has 186 valence electrons. The second kappa shape index (κ2) is 9.85. The molecule has 5 N–H and O–H groups in total. The quantitative estimate of drug-likeness (QED) is 0.419. The lowest BCUT2D eigenvalue weighted by Gasteiger charge is -2.38. The second-order valence-corrected chi connectivity index (χ2v) is 9.50. The molecule has 0 amide bonds. The zero-order valence-electron chi connectivity index (χ0n) is 18.9. The molecule has 35 heavy (non-hydrogen) atoms. The fourth-order valence-corrected chi connectivity index (χ4v) is 5.19. The van der Waals surface area contributed by atoms with Gasteiger partial charge in [0, 0.05) is 10.6 Å². The van der Waals surface area contributed by atoms with Crippen molar-refractivity contribution in [3.8, 4) is 5.75 Å². The molecule has 10 heteroatoms. The predicted octanol–water partition coefficient (Wildman–Crippen LogP) is 1.29. The normalized spacial score (nSPS) is 28.6. The third-order valence-electron chi connectivity index (χ3n) is 6.80. The number of aliphatic hydroxyl groups excluding tert-OH is 3. The van der Waals surface area contributed by atoms with E-state index in [1.165, 1.54) is 11.8 Å². The van der Waals surface area contributed by atoms with E-state index >= 15 is 0 Å². The summed E-state index contributed by atoms with van der Waals surface area (Å²) in [5, 5.41) is 43.6. The van der Waals surface area contributed by atoms with Crippen LogP contribution in [0.3, 0.4) is 0 Å². The molecular weight excluding hydrogens is 476 g/mol. The number of halogens is 1. The first-order chi connectivity index (χ1) is 16.8. The summed E-state index contributed by atoms with van der Waals surface area (Å²) in [5.74, 6) is -1.20. The summed E-state index contributed by atoms with van der Waals surface area (Å²) in [4.78, 5) is 16.1. The van der Waals surface area contributed by atoms with Gasteiger partial charge in [-0.2, -0.15) is 0 Å². The first-order valence-electron chi connectivity index (χ1n) is 11.6. The van der Waals surface area contributed by atoms with E-state index in [4.69, 9.17) is 26.1 Å². The molecule has 5 rings (SSSR count). The van der Waals surface area contributed by atoms with Gasteiger partial charge in [0.05, 0.1) is 11.9 Å². The maximum atomic E-state index is 11.4. The minimum Gasteiger partial charge on any atom is -0.479 e. The van der Waals surface area contributed by atoms with Gasteiger partial charge in [-0.25, -0.2) is 4.79 Å². The molecular formula is C25H27ClN2O7. The number of nitrogens with zero attached hydrogens (tertiary/aromatic N) is 1. The smallest absolute Gasteiger partial charge is 0.335 e. The molecule has 0 radical (unpaired) electrons. The van der Waals surface area contributed by atoms with Crippen LogP contribution in [0.5, 0.6) is 5.75 Å². The number of hydrogen-bond acceptors (Lipinski definition) is 8. The molecule has 0 spiro atoms. The van der Waals surface area contributed by atoms with Gasteiger partial charge in [0.2, 0.25) is 6.29 Å². The van der Waals surface area contributed by atoms with E-state index in [-0.39, 0.29) is 5.75 Å². The van der Waals surface area contributed by atoms with E-state index in [0.717, 1.165) is 60.3 Å². The lowest BCUT2D eigenvalue weighted by atomic mass is 9.89. The van der Waals surface area contributed by atoms with Crippen molar-refractivity contribution in [1.82, 2.24) is 10.3 Å². The number of aliphatic hydroxyl groups is 3. The summed E-state index contributed by atoms with van der Waals surface area (Å²) >= 11 is 6.30. The van der Waals surface area contributed by atoms with E-state index in [9.17, 15) is 25.2 Å². The van der Waals surface area contributed by atoms with Gasteiger partial charge in [-0.3, -0.25) is 4.98 Å². The Balaban J connectivity index is 1.50. The van der Waals surface area contributed by atoms with Crippen molar-refractivity contribution in [3.63, 3.8) is 0 Å². The highest BCUT2D eigenvalue weighted by Gasteiger charge is 2.48. The molecule has 3 aliphatic rings. The van der Waals surface area contributed by atoms with Crippen LogP contribution < -0.4 is 10.1 Å². The summed E-state index contributed by atoms with van der Waals surface area (Å²) in [6.45, 7) is 1.79. The topological polar surface area (TPSA) is 141 Å². The Bertz CT molecular complexity index is 1160. The number of rotatable bonds is 3. The Kier molecular flexibility index (Phi) is 6.80. The van der Waals surface area contributed by atoms with Gasteiger partial charge in [-0.15, -0.1) is 0 Å². The Labute approximate surface area is 207 Å². The predicted molar refractivity (Wildman–Crippen MR) is 126 cm³/mol. The zero-order valence-corrected chi connectivity index (χ0v) is 19.6. The molecule has 1 aromatic carbocycles. The molecule has 1 aliphatic carbocycles. The van der Waals surface area contributed by atoms with E-state index < -0.39 is 36.7 Å². The van der Waals surface area contributed by atoms with Gasteiger partial charge in [-0.1, -0.05) is 23.2 Å². The number of hydrogen-bond donors (Lipinski definition) is 5. The molecule has 9 nitrogen and oxygen atoms in total. The number of nitrogens with one attached hydrogen (secondary N) is 1. The van der Waals surface area contributed by atoms with E-state index in [2.05, 4.69) is 5.32 Å². The Morgan fingerprint density at radius 3 is 2.51 bits per heavy atom. The molecule has 3 heterocycles. The first-order valence-corrected chi connectivity index (χ1v) is 12.0. The molecule has 0 saturated carbocycles. The summed E-state index contributed by atoms with van der Waals surface area (Å²) in [6, 6.07) is 7.74. The van der Waals surface area contributed by atoms with Crippen LogP contribution in [0.25, 0.3) is 5.57 Å². The average molecular weight is 503 g/mol. The molecule has 2 fully saturated rings. The largest absolute Gasteiger partial charge is 0.479 e. The van der Waals surface area contributed by atoms with Crippen LogP contribution in [-0.4, -0.2) is 75.2 Å². The van der Waals surface area contributed by atoms with Crippen LogP contribution in [0.1, 0.15) is 35.2 Å². The average Bonchev–Trinajstić information content (AvgIpc) is 3.01. The van der Waals surface area contributed by atoms with Crippen molar-refractivity contribution in [2.75, 3.05) is 13.1 Å². The number of aryl methyl sites for hydroxylation is 2. The van der Waals surface area contributed by atoms with Crippen molar-refractivity contribution in [2.45, 2.75) is 56.4 Å². The highest BCUT2D eigenvalue weighted by Crippen LogP contribution is 2.39. The van der Waals surface area contributed by atoms with Crippen molar-refractivity contribution in [2.24, 2.45) is 0 Å². The van der Waals surface area contributed by atoms with Crippen molar-refractivity contribution in [1.29, 1.82) is 0 Å². The maximum absolute atomic E-state index is 11.4. The van der Waals surface area contributed by atoms with Gasteiger partial charge < -0.3 is 35.2 Å². The summed E-state index contributed by atoms with van der Waals surface area (Å²) < 4.78 is 11.0. The minimum absolute atomic E-state index is 0.263. The number of pyridine rings is 1. The number of carbonyl (C=O) groups is 1. The molecule has 0 unspecified atom stereocenters. The SMILES string of the molecule is O=C(O)[C@H]1O[C@@H](Oc2cnc3c(c2)CCc2cc(Cl)ccc2C3=C2CCNCC2)[C@@H](O)[C@@H](O)[C@@H]1O. The molecule has 5 atom stereocenters. The molecule has 2 saturated heterocycles. The van der Waals surface area contributed by atoms with Crippen molar-refractivity contribution in [3.05, 3.63) is 63.4 Å². The van der Waals surface area contributed by atoms with Crippen molar-refractivity contribution < 1.29 is 34.7 Å². The summed E-state index contributed by atoms with van der Waals surface area (Å²) in [5.41, 5.74) is 6.50. The minimum atomic E-state index is -1.78. The fraction of sp³-hybridized carbons (Fsp3) is 0.440. The van der Waals surface area contributed by atoms with Gasteiger partial charge in [0.25, 0.3) is 0 Å². The number of ether oxygens (including phenoxy) is 2. The monoisotopic (exact) mass is 502 g/mol. The first kappa shape index (κ1) is 24.2. The number of aromatic nitrogens is 1. The Hall–Kier alpha value is -2.53. The Morgan fingerprint density at radius 2 is 1.77 bits per heavy atom. The van der Waals surface area contributed by atoms with Gasteiger partial charge in [0.1, 0.15) is 24.1 Å². The standard InChI is InChI=1S/C25H27ClN2O7/c26-15-3-4-17-13(9-15)1-2-14-10-16(11-28-19(14)18(17)12-5-7-27-8-6-12)34-25-22(31)20(29)21(30)23(35-25)24(32)33/h3-4,9-11,20-23,25,27,29-31H,1-2,5-8H2,(H,32,33)/t20-,21-,22-,23-,25+/m0/s1. The molecule has 0 bridgehead atoms. The Morgan fingerprint density at radius 1 is 1.03 bits per heavy atom. The van der Waals surface area contributed by atoms with E-state index in [0.29, 0.717) is 11.4 Å². The van der Waals surface area contributed by atoms with Crippen LogP contribution in [0.15, 0.2) is 36.0 Å². The van der Waals surface area contributed by atoms with Crippen molar-refractivity contribution >= 4 is 23.1 Å². The van der Waals surface area contributed by atoms with Crippen LogP contribution in [0.2, 0.25) is 5.02 Å². The summed E-state index contributed by atoms with van der Waals surface area (Å²) in [6.07, 6.45) is -3.63. The van der Waals surface area contributed by atoms with Crippen LogP contribution in [0, 0.1) is 0 Å². The van der Waals surface area contributed by atoms with E-state index in [1.54, 1.807) is 6.07 Å². The van der Waals surface area contributed by atoms with Crippen LogP contribution in [-0.2, 0) is 22.4 Å². The maximum Gasteiger partial charge on any atom is 0.335 e. The number of aliphatic carboxylic acids is 1. The number of carboxylic acids is 1. The highest BCUT2D eigenvalue weighted by molar-refractivity contribution is 6.30. The van der Waals surface area contributed by atoms with Crippen LogP contribution in [0.4, 0.5) is 0 Å². The zero-order chi connectivity index (χ0) is 24.7. The number of carboxylic acid groups (broad SMARTS) is 1. The van der Waals surface area contributed by atoms with E-state index in [1.807, 2.05) is 18.2 Å². The number of benzene rings is 1. The second-order valence-electron chi connectivity index (χ2n) is 9.06. The lowest BCUT2D eigenvalue weighted by molar-refractivity contribution is -0.271. The van der Waals surface area contributed by atoms with Gasteiger partial charge in [0.15, 0.2) is 6.10 Å². The fourth-order valence-electron chi connectivity index (χ4n) is 5.00. The lowest BCUT2D eigenvalue weighted by Crippen LogP contribution is -2.61. The van der Waals surface area contributed by atoms with Gasteiger partial charge >= 0.3 is 5.97 Å². The highest BCUT2D eigenvalue weighted by atomic mass is 35.5.